The molecule has 1 aliphatic rings. The van der Waals surface area contributed by atoms with Gasteiger partial charge in [0.15, 0.2) is 11.5 Å². The van der Waals surface area contributed by atoms with Gasteiger partial charge in [0.1, 0.15) is 5.75 Å². The highest BCUT2D eigenvalue weighted by Crippen LogP contribution is 2.34. The number of carbonyl (C=O) groups is 1. The Kier molecular flexibility index (Phi) is 9.55. The van der Waals surface area contributed by atoms with Gasteiger partial charge in [0.05, 0.1) is 17.6 Å². The van der Waals surface area contributed by atoms with E-state index in [2.05, 4.69) is 0 Å². The van der Waals surface area contributed by atoms with Crippen molar-refractivity contribution in [1.82, 2.24) is 4.31 Å². The van der Waals surface area contributed by atoms with Crippen LogP contribution in [0.2, 0.25) is 0 Å². The van der Waals surface area contributed by atoms with Crippen LogP contribution in [0.15, 0.2) is 47.4 Å². The van der Waals surface area contributed by atoms with Crippen molar-refractivity contribution in [2.75, 3.05) is 26.5 Å². The third kappa shape index (κ3) is 7.57. The zero-order chi connectivity index (χ0) is 26.3. The summed E-state index contributed by atoms with van der Waals surface area (Å²) in [5, 5.41) is 19.5. The molecule has 0 saturated heterocycles. The number of hydrogen-bond acceptors (Lipinski definition) is 8. The van der Waals surface area contributed by atoms with Crippen molar-refractivity contribution in [3.05, 3.63) is 48.0 Å². The van der Waals surface area contributed by atoms with Gasteiger partial charge in [-0.25, -0.2) is 8.42 Å². The van der Waals surface area contributed by atoms with E-state index in [1.54, 1.807) is 18.2 Å². The number of hydrogen-bond donors (Lipinski definition) is 3. The molecule has 4 N–H and O–H groups in total. The van der Waals surface area contributed by atoms with Gasteiger partial charge < -0.3 is 30.2 Å². The van der Waals surface area contributed by atoms with Crippen molar-refractivity contribution in [3.63, 3.8) is 0 Å². The number of nitrogens with zero attached hydrogens (tertiary/aromatic N) is 1. The van der Waals surface area contributed by atoms with Gasteiger partial charge in [-0.05, 0) is 48.6 Å². The van der Waals surface area contributed by atoms with Crippen molar-refractivity contribution in [2.24, 2.45) is 11.7 Å². The fraction of sp³-hybridized carbons (Fsp3) is 0.480. The van der Waals surface area contributed by atoms with Crippen molar-refractivity contribution in [3.8, 4) is 17.2 Å². The summed E-state index contributed by atoms with van der Waals surface area (Å²) in [5.74, 6) is 0.629. The van der Waals surface area contributed by atoms with E-state index in [1.165, 1.54) is 16.4 Å². The number of fused-ring (bicyclic) bond motifs is 1. The normalized spacial score (nSPS) is 14.7. The molecular weight excluding hydrogens is 488 g/mol. The molecule has 2 aromatic carbocycles. The fourth-order valence-electron chi connectivity index (χ4n) is 3.75. The molecule has 0 bridgehead atoms. The van der Waals surface area contributed by atoms with Gasteiger partial charge in [-0.3, -0.25) is 4.79 Å². The van der Waals surface area contributed by atoms with Gasteiger partial charge in [-0.2, -0.15) is 4.31 Å². The lowest BCUT2D eigenvalue weighted by Crippen LogP contribution is -2.47. The molecule has 10 nitrogen and oxygen atoms in total. The maximum Gasteiger partial charge on any atom is 0.303 e. The van der Waals surface area contributed by atoms with Crippen LogP contribution in [0.5, 0.6) is 17.2 Å². The molecule has 2 aromatic rings. The number of aliphatic hydroxyl groups excluding tert-OH is 1. The largest absolute Gasteiger partial charge is 0.494 e. The molecule has 0 fully saturated rings. The number of carboxylic acid groups (broad SMARTS) is 1. The Balaban J connectivity index is 1.62. The van der Waals surface area contributed by atoms with Crippen LogP contribution in [0, 0.1) is 5.92 Å². The summed E-state index contributed by atoms with van der Waals surface area (Å²) in [6.07, 6.45) is -0.307. The Labute approximate surface area is 211 Å². The topological polar surface area (TPSA) is 149 Å². The van der Waals surface area contributed by atoms with E-state index >= 15 is 0 Å². The van der Waals surface area contributed by atoms with Crippen LogP contribution in [0.1, 0.15) is 32.3 Å². The van der Waals surface area contributed by atoms with Gasteiger partial charge in [-0.15, -0.1) is 0 Å². The Bertz CT molecular complexity index is 1120. The lowest BCUT2D eigenvalue weighted by molar-refractivity contribution is -0.137. The average molecular weight is 523 g/mol. The van der Waals surface area contributed by atoms with Gasteiger partial charge >= 0.3 is 5.97 Å². The number of nitrogens with two attached hydrogens (primary N) is 1. The van der Waals surface area contributed by atoms with Crippen LogP contribution in [0.3, 0.4) is 0 Å². The summed E-state index contributed by atoms with van der Waals surface area (Å²) in [6, 6.07) is 10.9. The van der Waals surface area contributed by atoms with Crippen LogP contribution in [0.4, 0.5) is 0 Å². The lowest BCUT2D eigenvalue weighted by Gasteiger charge is -2.28. The first-order valence-electron chi connectivity index (χ1n) is 11.8. The SMILES string of the molecule is CC(C)CN(C[C@@H](O)[C@@H](N)Cc1ccc(OCCCC(=O)O)cc1)S(=O)(=O)c1ccc2c(c1)OCO2. The third-order valence-electron chi connectivity index (χ3n) is 5.63. The minimum absolute atomic E-state index is 0.0280. The van der Waals surface area contributed by atoms with Crippen molar-refractivity contribution < 1.29 is 37.6 Å². The molecule has 0 aromatic heterocycles. The van der Waals surface area contributed by atoms with E-state index < -0.39 is 28.1 Å². The molecular formula is C25H34N2O8S. The quantitative estimate of drug-likeness (QED) is 0.318. The molecule has 0 radical (unpaired) electrons. The smallest absolute Gasteiger partial charge is 0.303 e. The van der Waals surface area contributed by atoms with Crippen LogP contribution >= 0.6 is 0 Å². The Morgan fingerprint density at radius 1 is 1.11 bits per heavy atom. The molecule has 11 heteroatoms. The molecule has 1 aliphatic heterocycles. The monoisotopic (exact) mass is 522 g/mol. The zero-order valence-corrected chi connectivity index (χ0v) is 21.3. The summed E-state index contributed by atoms with van der Waals surface area (Å²) in [4.78, 5) is 10.6. The molecule has 198 valence electrons. The summed E-state index contributed by atoms with van der Waals surface area (Å²) in [6.45, 7) is 4.21. The summed E-state index contributed by atoms with van der Waals surface area (Å²) in [7, 11) is -3.91. The van der Waals surface area contributed by atoms with Crippen LogP contribution in [-0.2, 0) is 21.2 Å². The van der Waals surface area contributed by atoms with Gasteiger partial charge in [-0.1, -0.05) is 26.0 Å². The number of carboxylic acids is 1. The molecule has 36 heavy (non-hydrogen) atoms. The zero-order valence-electron chi connectivity index (χ0n) is 20.5. The Morgan fingerprint density at radius 2 is 1.81 bits per heavy atom. The average Bonchev–Trinajstić information content (AvgIpc) is 3.30. The van der Waals surface area contributed by atoms with Gasteiger partial charge in [0.2, 0.25) is 16.8 Å². The number of sulfonamides is 1. The number of ether oxygens (including phenoxy) is 3. The second-order valence-electron chi connectivity index (χ2n) is 9.16. The molecule has 3 rings (SSSR count). The summed E-state index contributed by atoms with van der Waals surface area (Å²) >= 11 is 0. The molecule has 0 saturated carbocycles. The van der Waals surface area contributed by atoms with E-state index in [1.807, 2.05) is 26.0 Å². The first kappa shape index (κ1) is 27.7. The predicted molar refractivity (Wildman–Crippen MR) is 133 cm³/mol. The van der Waals surface area contributed by atoms with Crippen molar-refractivity contribution in [1.29, 1.82) is 0 Å². The van der Waals surface area contributed by atoms with E-state index in [0.29, 0.717) is 36.7 Å². The minimum atomic E-state index is -3.91. The fourth-order valence-corrected chi connectivity index (χ4v) is 5.39. The van der Waals surface area contributed by atoms with Gasteiger partial charge in [0, 0.05) is 31.6 Å². The first-order valence-corrected chi connectivity index (χ1v) is 13.3. The number of benzene rings is 2. The van der Waals surface area contributed by atoms with Crippen molar-refractivity contribution in [2.45, 2.75) is 50.2 Å². The highest BCUT2D eigenvalue weighted by Gasteiger charge is 2.31. The highest BCUT2D eigenvalue weighted by atomic mass is 32.2. The molecule has 0 unspecified atom stereocenters. The molecule has 0 spiro atoms. The van der Waals surface area contributed by atoms with E-state index in [9.17, 15) is 18.3 Å². The first-order chi connectivity index (χ1) is 17.1. The van der Waals surface area contributed by atoms with E-state index in [0.717, 1.165) is 5.56 Å². The number of aliphatic hydroxyl groups is 1. The lowest BCUT2D eigenvalue weighted by atomic mass is 10.0. The second-order valence-corrected chi connectivity index (χ2v) is 11.1. The summed E-state index contributed by atoms with van der Waals surface area (Å²) < 4.78 is 44.2. The molecule has 1 heterocycles. The Hall–Kier alpha value is -2.86. The van der Waals surface area contributed by atoms with E-state index in [4.69, 9.17) is 25.1 Å². The second kappa shape index (κ2) is 12.4. The number of rotatable bonds is 14. The minimum Gasteiger partial charge on any atom is -0.494 e. The predicted octanol–water partition coefficient (Wildman–Crippen LogP) is 2.24. The van der Waals surface area contributed by atoms with Crippen LogP contribution in [0.25, 0.3) is 0 Å². The van der Waals surface area contributed by atoms with Crippen molar-refractivity contribution >= 4 is 16.0 Å². The van der Waals surface area contributed by atoms with Crippen LogP contribution < -0.4 is 19.9 Å². The van der Waals surface area contributed by atoms with Gasteiger partial charge in [0.25, 0.3) is 0 Å². The molecule has 0 aliphatic carbocycles. The number of aliphatic carboxylic acids is 1. The molecule has 0 amide bonds. The molecule has 2 atom stereocenters. The van der Waals surface area contributed by atoms with E-state index in [-0.39, 0.29) is 37.1 Å². The maximum absolute atomic E-state index is 13.4. The summed E-state index contributed by atoms with van der Waals surface area (Å²) in [5.41, 5.74) is 7.11. The maximum atomic E-state index is 13.4. The highest BCUT2D eigenvalue weighted by molar-refractivity contribution is 7.89. The standard InChI is InChI=1S/C25H34N2O8S/c1-17(2)14-27(36(31,32)20-9-10-23-24(13-20)35-16-34-23)15-22(28)21(26)12-18-5-7-19(8-6-18)33-11-3-4-25(29)30/h5-10,13,17,21-22,28H,3-4,11-12,14-16,26H2,1-2H3,(H,29,30)/t21-,22+/m0/s1. The Morgan fingerprint density at radius 3 is 2.47 bits per heavy atom. The van der Waals surface area contributed by atoms with Crippen LogP contribution in [-0.4, -0.2) is 67.5 Å². The third-order valence-corrected chi connectivity index (χ3v) is 7.46.